The van der Waals surface area contributed by atoms with Crippen molar-refractivity contribution in [3.05, 3.63) is 34.9 Å². The Morgan fingerprint density at radius 2 is 1.55 bits per heavy atom. The van der Waals surface area contributed by atoms with Gasteiger partial charge in [0.25, 0.3) is 0 Å². The number of nitrogens with one attached hydrogen (secondary N) is 1. The van der Waals surface area contributed by atoms with E-state index in [2.05, 4.69) is 5.32 Å². The molecule has 0 unspecified atom stereocenters. The number of piperazine rings is 1. The third-order valence-corrected chi connectivity index (χ3v) is 6.27. The van der Waals surface area contributed by atoms with Crippen LogP contribution >= 0.6 is 11.6 Å². The van der Waals surface area contributed by atoms with E-state index in [1.165, 1.54) is 6.42 Å². The number of benzene rings is 1. The first-order chi connectivity index (χ1) is 14.0. The van der Waals surface area contributed by atoms with E-state index in [0.29, 0.717) is 44.2 Å². The van der Waals surface area contributed by atoms with E-state index >= 15 is 0 Å². The van der Waals surface area contributed by atoms with Crippen LogP contribution in [0.1, 0.15) is 44.1 Å². The maximum absolute atomic E-state index is 12.5. The smallest absolute Gasteiger partial charge is 0.227 e. The molecule has 2 fully saturated rings. The average molecular weight is 420 g/mol. The molecule has 0 atom stereocenters. The number of carbonyl (C=O) groups is 3. The van der Waals surface area contributed by atoms with E-state index in [1.807, 2.05) is 18.2 Å². The van der Waals surface area contributed by atoms with Gasteiger partial charge in [0.05, 0.1) is 6.42 Å². The molecule has 158 valence electrons. The lowest BCUT2D eigenvalue weighted by atomic mass is 9.89. The van der Waals surface area contributed by atoms with Crippen molar-refractivity contribution in [3.63, 3.8) is 0 Å². The van der Waals surface area contributed by atoms with Crippen molar-refractivity contribution in [2.45, 2.75) is 44.9 Å². The van der Waals surface area contributed by atoms with E-state index in [0.717, 1.165) is 31.2 Å². The first-order valence-electron chi connectivity index (χ1n) is 10.6. The van der Waals surface area contributed by atoms with Crippen LogP contribution < -0.4 is 5.32 Å². The summed E-state index contributed by atoms with van der Waals surface area (Å²) in [5.74, 6) is 0.274. The Bertz CT molecular complexity index is 726. The van der Waals surface area contributed by atoms with Crippen LogP contribution in [0.25, 0.3) is 0 Å². The number of carbonyl (C=O) groups excluding carboxylic acids is 3. The van der Waals surface area contributed by atoms with Gasteiger partial charge in [-0.3, -0.25) is 14.4 Å². The monoisotopic (exact) mass is 419 g/mol. The normalized spacial score (nSPS) is 17.8. The fourth-order valence-corrected chi connectivity index (χ4v) is 4.28. The lowest BCUT2D eigenvalue weighted by molar-refractivity contribution is -0.139. The number of nitrogens with zero attached hydrogens (tertiary/aromatic N) is 2. The summed E-state index contributed by atoms with van der Waals surface area (Å²) in [5, 5.41) is 3.52. The van der Waals surface area contributed by atoms with Gasteiger partial charge in [0.15, 0.2) is 0 Å². The Balaban J connectivity index is 1.36. The number of rotatable bonds is 6. The molecule has 3 amide bonds. The molecule has 3 rings (SSSR count). The van der Waals surface area contributed by atoms with Crippen LogP contribution in [0.5, 0.6) is 0 Å². The van der Waals surface area contributed by atoms with Gasteiger partial charge < -0.3 is 15.1 Å². The van der Waals surface area contributed by atoms with E-state index in [-0.39, 0.29) is 30.1 Å². The minimum absolute atomic E-state index is 0.0324. The fourth-order valence-electron chi connectivity index (χ4n) is 4.08. The molecule has 0 spiro atoms. The molecule has 29 heavy (non-hydrogen) atoms. The molecule has 7 heteroatoms. The van der Waals surface area contributed by atoms with Gasteiger partial charge in [-0.25, -0.2) is 0 Å². The summed E-state index contributed by atoms with van der Waals surface area (Å²) >= 11 is 6.14. The van der Waals surface area contributed by atoms with Gasteiger partial charge in [-0.1, -0.05) is 49.1 Å². The van der Waals surface area contributed by atoms with Crippen molar-refractivity contribution in [1.29, 1.82) is 0 Å². The Morgan fingerprint density at radius 3 is 2.21 bits per heavy atom. The Labute approximate surface area is 177 Å². The van der Waals surface area contributed by atoms with E-state index in [1.54, 1.807) is 15.9 Å². The molecule has 1 aliphatic heterocycles. The molecule has 1 aliphatic carbocycles. The van der Waals surface area contributed by atoms with E-state index < -0.39 is 0 Å². The SMILES string of the molecule is O=C(NCCC(=O)N1CCN(C(=O)Cc2ccccc2Cl)CC1)C1CCCCC1. The highest BCUT2D eigenvalue weighted by atomic mass is 35.5. The molecule has 1 saturated carbocycles. The number of amides is 3. The maximum atomic E-state index is 12.5. The second-order valence-corrected chi connectivity index (χ2v) is 8.31. The van der Waals surface area contributed by atoms with Crippen LogP contribution in [0.15, 0.2) is 24.3 Å². The number of hydrogen-bond acceptors (Lipinski definition) is 3. The van der Waals surface area contributed by atoms with Crippen molar-refractivity contribution in [3.8, 4) is 0 Å². The molecular formula is C22H30ClN3O3. The maximum Gasteiger partial charge on any atom is 0.227 e. The topological polar surface area (TPSA) is 69.7 Å². The summed E-state index contributed by atoms with van der Waals surface area (Å²) in [6.07, 6.45) is 5.98. The molecule has 1 N–H and O–H groups in total. The highest BCUT2D eigenvalue weighted by Crippen LogP contribution is 2.23. The van der Waals surface area contributed by atoms with Gasteiger partial charge in [0.2, 0.25) is 17.7 Å². The van der Waals surface area contributed by atoms with Crippen molar-refractivity contribution >= 4 is 29.3 Å². The largest absolute Gasteiger partial charge is 0.355 e. The molecule has 1 saturated heterocycles. The summed E-state index contributed by atoms with van der Waals surface area (Å²) in [6.45, 7) is 2.51. The third kappa shape index (κ3) is 6.20. The molecule has 0 bridgehead atoms. The van der Waals surface area contributed by atoms with Crippen molar-refractivity contribution in [1.82, 2.24) is 15.1 Å². The number of halogens is 1. The highest BCUT2D eigenvalue weighted by molar-refractivity contribution is 6.31. The predicted molar refractivity (Wildman–Crippen MR) is 113 cm³/mol. The highest BCUT2D eigenvalue weighted by Gasteiger charge is 2.25. The minimum atomic E-state index is 0.0324. The fraction of sp³-hybridized carbons (Fsp3) is 0.591. The second-order valence-electron chi connectivity index (χ2n) is 7.91. The average Bonchev–Trinajstić information content (AvgIpc) is 2.76. The van der Waals surface area contributed by atoms with Crippen molar-refractivity contribution in [2.75, 3.05) is 32.7 Å². The lowest BCUT2D eigenvalue weighted by Gasteiger charge is -2.35. The first-order valence-corrected chi connectivity index (χ1v) is 11.0. The zero-order chi connectivity index (χ0) is 20.6. The molecule has 6 nitrogen and oxygen atoms in total. The zero-order valence-corrected chi connectivity index (χ0v) is 17.6. The molecule has 0 aromatic heterocycles. The van der Waals surface area contributed by atoms with Crippen LogP contribution in [0.4, 0.5) is 0 Å². The van der Waals surface area contributed by atoms with Gasteiger partial charge in [0, 0.05) is 50.1 Å². The van der Waals surface area contributed by atoms with Crippen LogP contribution in [0, 0.1) is 5.92 Å². The van der Waals surface area contributed by atoms with Gasteiger partial charge >= 0.3 is 0 Å². The van der Waals surface area contributed by atoms with Crippen LogP contribution in [-0.2, 0) is 20.8 Å². The van der Waals surface area contributed by atoms with Gasteiger partial charge in [-0.15, -0.1) is 0 Å². The molecule has 2 aliphatic rings. The summed E-state index contributed by atoms with van der Waals surface area (Å²) in [5.41, 5.74) is 0.825. The van der Waals surface area contributed by atoms with Gasteiger partial charge in [-0.05, 0) is 24.5 Å². The van der Waals surface area contributed by atoms with E-state index in [4.69, 9.17) is 11.6 Å². The van der Waals surface area contributed by atoms with Gasteiger partial charge in [0.1, 0.15) is 0 Å². The minimum Gasteiger partial charge on any atom is -0.355 e. The van der Waals surface area contributed by atoms with E-state index in [9.17, 15) is 14.4 Å². The van der Waals surface area contributed by atoms with Crippen molar-refractivity contribution < 1.29 is 14.4 Å². The van der Waals surface area contributed by atoms with Gasteiger partial charge in [-0.2, -0.15) is 0 Å². The molecular weight excluding hydrogens is 390 g/mol. The van der Waals surface area contributed by atoms with Crippen LogP contribution in [0.3, 0.4) is 0 Å². The molecule has 1 aromatic carbocycles. The van der Waals surface area contributed by atoms with Crippen LogP contribution in [-0.4, -0.2) is 60.2 Å². The predicted octanol–water partition coefficient (Wildman–Crippen LogP) is 2.64. The summed E-state index contributed by atoms with van der Waals surface area (Å²) in [4.78, 5) is 40.7. The summed E-state index contributed by atoms with van der Waals surface area (Å²) in [6, 6.07) is 7.37. The summed E-state index contributed by atoms with van der Waals surface area (Å²) in [7, 11) is 0. The van der Waals surface area contributed by atoms with Crippen molar-refractivity contribution in [2.24, 2.45) is 5.92 Å². The summed E-state index contributed by atoms with van der Waals surface area (Å²) < 4.78 is 0. The molecule has 1 heterocycles. The second kappa shape index (κ2) is 10.6. The molecule has 1 aromatic rings. The quantitative estimate of drug-likeness (QED) is 0.770. The molecule has 0 radical (unpaired) electrons. The Morgan fingerprint density at radius 1 is 0.931 bits per heavy atom. The Kier molecular flexibility index (Phi) is 7.92. The lowest BCUT2D eigenvalue weighted by Crippen LogP contribution is -2.51. The first kappa shape index (κ1) is 21.6. The number of hydrogen-bond donors (Lipinski definition) is 1. The standard InChI is InChI=1S/C22H30ClN3O3/c23-19-9-5-4-8-18(19)16-21(28)26-14-12-25(13-15-26)20(27)10-11-24-22(29)17-6-2-1-3-7-17/h4-5,8-9,17H,1-3,6-7,10-16H2,(H,24,29). The Hall–Kier alpha value is -2.08. The third-order valence-electron chi connectivity index (χ3n) is 5.90. The zero-order valence-electron chi connectivity index (χ0n) is 16.9. The van der Waals surface area contributed by atoms with Crippen LogP contribution in [0.2, 0.25) is 5.02 Å².